The molecule has 4 heteroatoms. The fourth-order valence-corrected chi connectivity index (χ4v) is 1.47. The van der Waals surface area contributed by atoms with Crippen molar-refractivity contribution in [1.82, 2.24) is 5.32 Å². The third-order valence-electron chi connectivity index (χ3n) is 2.19. The van der Waals surface area contributed by atoms with Gasteiger partial charge < -0.3 is 10.6 Å². The van der Waals surface area contributed by atoms with Crippen LogP contribution < -0.4 is 10.6 Å². The maximum Gasteiger partial charge on any atom is 0.242 e. The van der Waals surface area contributed by atoms with Gasteiger partial charge in [-0.2, -0.15) is 0 Å². The summed E-state index contributed by atoms with van der Waals surface area (Å²) in [6, 6.07) is 7.10. The number of carbonyl (C=O) groups is 1. The van der Waals surface area contributed by atoms with Gasteiger partial charge in [-0.1, -0.05) is 30.7 Å². The second kappa shape index (κ2) is 6.38. The Balaban J connectivity index is 2.54. The van der Waals surface area contributed by atoms with Crippen LogP contribution >= 0.6 is 11.6 Å². The van der Waals surface area contributed by atoms with Crippen LogP contribution in [0.5, 0.6) is 0 Å². The first kappa shape index (κ1) is 12.8. The van der Waals surface area contributed by atoms with Crippen LogP contribution in [0.2, 0.25) is 5.02 Å². The van der Waals surface area contributed by atoms with Crippen LogP contribution in [0.25, 0.3) is 0 Å². The highest BCUT2D eigenvalue weighted by molar-refractivity contribution is 6.33. The number of para-hydroxylation sites is 1. The highest BCUT2D eigenvalue weighted by Crippen LogP contribution is 2.21. The molecule has 1 atom stereocenters. The first-order chi connectivity index (χ1) is 7.65. The minimum absolute atomic E-state index is 0.0123. The molecule has 0 radical (unpaired) electrons. The minimum Gasteiger partial charge on any atom is -0.373 e. The molecule has 88 valence electrons. The van der Waals surface area contributed by atoms with Crippen LogP contribution in [0, 0.1) is 0 Å². The Kier molecular flexibility index (Phi) is 5.12. The molecule has 3 nitrogen and oxygen atoms in total. The van der Waals surface area contributed by atoms with Crippen LogP contribution in [0.4, 0.5) is 5.69 Å². The van der Waals surface area contributed by atoms with E-state index in [0.29, 0.717) is 11.6 Å². The van der Waals surface area contributed by atoms with Crippen molar-refractivity contribution in [3.05, 3.63) is 29.3 Å². The summed E-state index contributed by atoms with van der Waals surface area (Å²) in [5.74, 6) is -0.0123. The summed E-state index contributed by atoms with van der Waals surface area (Å²) in [4.78, 5) is 11.6. The van der Waals surface area contributed by atoms with Crippen LogP contribution in [0.3, 0.4) is 0 Å². The van der Waals surface area contributed by atoms with Gasteiger partial charge in [0.2, 0.25) is 5.91 Å². The lowest BCUT2D eigenvalue weighted by Gasteiger charge is -2.15. The lowest BCUT2D eigenvalue weighted by Crippen LogP contribution is -2.37. The largest absolute Gasteiger partial charge is 0.373 e. The van der Waals surface area contributed by atoms with E-state index in [9.17, 15) is 4.79 Å². The minimum atomic E-state index is -0.286. The van der Waals surface area contributed by atoms with Gasteiger partial charge in [0.05, 0.1) is 10.7 Å². The van der Waals surface area contributed by atoms with Gasteiger partial charge in [0, 0.05) is 6.54 Å². The molecule has 0 saturated carbocycles. The Morgan fingerprint density at radius 1 is 1.44 bits per heavy atom. The summed E-state index contributed by atoms with van der Waals surface area (Å²) in [6.07, 6.45) is 0.935. The number of anilines is 1. The third-order valence-corrected chi connectivity index (χ3v) is 2.52. The quantitative estimate of drug-likeness (QED) is 0.831. The van der Waals surface area contributed by atoms with E-state index in [1.807, 2.05) is 32.0 Å². The first-order valence-corrected chi connectivity index (χ1v) is 5.81. The Morgan fingerprint density at radius 3 is 2.75 bits per heavy atom. The van der Waals surface area contributed by atoms with Gasteiger partial charge in [0.15, 0.2) is 0 Å². The van der Waals surface area contributed by atoms with Crippen molar-refractivity contribution in [2.24, 2.45) is 0 Å². The van der Waals surface area contributed by atoms with Crippen LogP contribution in [-0.2, 0) is 4.79 Å². The van der Waals surface area contributed by atoms with Crippen molar-refractivity contribution in [3.8, 4) is 0 Å². The van der Waals surface area contributed by atoms with Crippen molar-refractivity contribution in [2.75, 3.05) is 11.9 Å². The SMILES string of the molecule is CCCNC(=O)C(C)Nc1ccccc1Cl. The topological polar surface area (TPSA) is 41.1 Å². The standard InChI is InChI=1S/C12H17ClN2O/c1-3-8-14-12(16)9(2)15-11-7-5-4-6-10(11)13/h4-7,9,15H,3,8H2,1-2H3,(H,14,16). The molecule has 0 heterocycles. The van der Waals surface area contributed by atoms with Gasteiger partial charge in [0.1, 0.15) is 6.04 Å². The summed E-state index contributed by atoms with van der Waals surface area (Å²) < 4.78 is 0. The highest BCUT2D eigenvalue weighted by Gasteiger charge is 2.12. The molecular formula is C12H17ClN2O. The van der Waals surface area contributed by atoms with Gasteiger partial charge >= 0.3 is 0 Å². The summed E-state index contributed by atoms with van der Waals surface area (Å²) in [6.45, 7) is 4.54. The Bertz CT molecular complexity index is 355. The monoisotopic (exact) mass is 240 g/mol. The predicted molar refractivity (Wildman–Crippen MR) is 67.8 cm³/mol. The summed E-state index contributed by atoms with van der Waals surface area (Å²) in [5.41, 5.74) is 0.781. The lowest BCUT2D eigenvalue weighted by molar-refractivity contribution is -0.121. The number of benzene rings is 1. The molecule has 0 aliphatic rings. The molecule has 0 aliphatic carbocycles. The molecule has 0 spiro atoms. The van der Waals surface area contributed by atoms with Gasteiger partial charge in [0.25, 0.3) is 0 Å². The zero-order chi connectivity index (χ0) is 12.0. The summed E-state index contributed by atoms with van der Waals surface area (Å²) >= 11 is 5.98. The zero-order valence-electron chi connectivity index (χ0n) is 9.59. The van der Waals surface area contributed by atoms with E-state index in [4.69, 9.17) is 11.6 Å². The fraction of sp³-hybridized carbons (Fsp3) is 0.417. The van der Waals surface area contributed by atoms with Crippen molar-refractivity contribution >= 4 is 23.2 Å². The molecule has 1 amide bonds. The van der Waals surface area contributed by atoms with Gasteiger partial charge in [-0.3, -0.25) is 4.79 Å². The van der Waals surface area contributed by atoms with Crippen LogP contribution in [-0.4, -0.2) is 18.5 Å². The van der Waals surface area contributed by atoms with E-state index in [0.717, 1.165) is 12.1 Å². The van der Waals surface area contributed by atoms with Gasteiger partial charge in [-0.15, -0.1) is 0 Å². The normalized spacial score (nSPS) is 11.9. The van der Waals surface area contributed by atoms with E-state index in [1.54, 1.807) is 6.07 Å². The average molecular weight is 241 g/mol. The molecule has 16 heavy (non-hydrogen) atoms. The van der Waals surface area contributed by atoms with Gasteiger partial charge in [-0.05, 0) is 25.5 Å². The van der Waals surface area contributed by atoms with Crippen LogP contribution in [0.15, 0.2) is 24.3 Å². The van der Waals surface area contributed by atoms with Crippen molar-refractivity contribution in [2.45, 2.75) is 26.3 Å². The smallest absolute Gasteiger partial charge is 0.242 e. The van der Waals surface area contributed by atoms with E-state index >= 15 is 0 Å². The number of halogens is 1. The maximum absolute atomic E-state index is 11.6. The maximum atomic E-state index is 11.6. The summed E-state index contributed by atoms with van der Waals surface area (Å²) in [7, 11) is 0. The second-order valence-corrected chi connectivity index (χ2v) is 4.04. The number of hydrogen-bond donors (Lipinski definition) is 2. The second-order valence-electron chi connectivity index (χ2n) is 3.64. The number of rotatable bonds is 5. The van der Waals surface area contributed by atoms with Crippen molar-refractivity contribution in [1.29, 1.82) is 0 Å². The third kappa shape index (κ3) is 3.74. The van der Waals surface area contributed by atoms with Crippen molar-refractivity contribution in [3.63, 3.8) is 0 Å². The van der Waals surface area contributed by atoms with E-state index < -0.39 is 0 Å². The van der Waals surface area contributed by atoms with E-state index in [1.165, 1.54) is 0 Å². The van der Waals surface area contributed by atoms with E-state index in [-0.39, 0.29) is 11.9 Å². The molecule has 1 rings (SSSR count). The Morgan fingerprint density at radius 2 is 2.12 bits per heavy atom. The first-order valence-electron chi connectivity index (χ1n) is 5.44. The number of amides is 1. The molecule has 0 saturated heterocycles. The molecule has 0 fully saturated rings. The average Bonchev–Trinajstić information content (AvgIpc) is 2.28. The lowest BCUT2D eigenvalue weighted by atomic mass is 10.2. The van der Waals surface area contributed by atoms with Crippen molar-refractivity contribution < 1.29 is 4.79 Å². The molecule has 2 N–H and O–H groups in total. The van der Waals surface area contributed by atoms with Crippen LogP contribution in [0.1, 0.15) is 20.3 Å². The zero-order valence-corrected chi connectivity index (χ0v) is 10.3. The van der Waals surface area contributed by atoms with Gasteiger partial charge in [-0.25, -0.2) is 0 Å². The fourth-order valence-electron chi connectivity index (χ4n) is 1.28. The number of carbonyl (C=O) groups excluding carboxylic acids is 1. The highest BCUT2D eigenvalue weighted by atomic mass is 35.5. The van der Waals surface area contributed by atoms with E-state index in [2.05, 4.69) is 10.6 Å². The molecule has 0 aliphatic heterocycles. The number of hydrogen-bond acceptors (Lipinski definition) is 2. The Labute approximate surface area is 101 Å². The number of nitrogens with one attached hydrogen (secondary N) is 2. The predicted octanol–water partition coefficient (Wildman–Crippen LogP) is 2.67. The summed E-state index contributed by atoms with van der Waals surface area (Å²) in [5, 5.41) is 6.52. The molecular weight excluding hydrogens is 224 g/mol. The molecule has 1 aromatic rings. The Hall–Kier alpha value is -1.22. The molecule has 0 bridgehead atoms. The molecule has 1 unspecified atom stereocenters. The molecule has 0 aromatic heterocycles. The molecule has 1 aromatic carbocycles.